The molecule has 148 valence electrons. The quantitative estimate of drug-likeness (QED) is 0.685. The Morgan fingerprint density at radius 1 is 0.724 bits per heavy atom. The van der Waals surface area contributed by atoms with Gasteiger partial charge < -0.3 is 14.7 Å². The number of aromatic nitrogens is 2. The number of para-hydroxylation sites is 1. The van der Waals surface area contributed by atoms with Crippen LogP contribution in [-0.2, 0) is 13.0 Å². The molecule has 3 aromatic rings. The van der Waals surface area contributed by atoms with E-state index in [-0.39, 0.29) is 5.82 Å². The number of hydrogen-bond donors (Lipinski definition) is 0. The van der Waals surface area contributed by atoms with Crippen molar-refractivity contribution in [3.05, 3.63) is 77.7 Å². The van der Waals surface area contributed by atoms with Crippen LogP contribution in [0.4, 0.5) is 21.8 Å². The van der Waals surface area contributed by atoms with Crippen molar-refractivity contribution in [3.63, 3.8) is 0 Å². The molecule has 0 bridgehead atoms. The zero-order valence-corrected chi connectivity index (χ0v) is 16.3. The van der Waals surface area contributed by atoms with E-state index < -0.39 is 0 Å². The minimum atomic E-state index is -0.162. The van der Waals surface area contributed by atoms with Gasteiger partial charge in [0.25, 0.3) is 0 Å². The first kappa shape index (κ1) is 17.9. The van der Waals surface area contributed by atoms with Gasteiger partial charge in [0.05, 0.1) is 5.69 Å². The molecule has 0 amide bonds. The molecule has 0 saturated carbocycles. The Morgan fingerprint density at radius 2 is 1.45 bits per heavy atom. The second-order valence-electron chi connectivity index (χ2n) is 7.58. The Bertz CT molecular complexity index is 1000. The van der Waals surface area contributed by atoms with E-state index in [2.05, 4.69) is 43.9 Å². The molecular weight excluding hydrogens is 365 g/mol. The van der Waals surface area contributed by atoms with Gasteiger partial charge in [-0.2, -0.15) is 4.98 Å². The lowest BCUT2D eigenvalue weighted by Crippen LogP contribution is -2.47. The van der Waals surface area contributed by atoms with Gasteiger partial charge in [-0.1, -0.05) is 36.4 Å². The van der Waals surface area contributed by atoms with Crippen LogP contribution >= 0.6 is 0 Å². The second kappa shape index (κ2) is 7.70. The summed E-state index contributed by atoms with van der Waals surface area (Å²) in [6.45, 7) is 4.92. The first-order chi connectivity index (χ1) is 14.3. The van der Waals surface area contributed by atoms with E-state index in [0.717, 1.165) is 57.5 Å². The lowest BCUT2D eigenvalue weighted by Gasteiger charge is -2.36. The molecule has 1 aromatic heterocycles. The van der Waals surface area contributed by atoms with E-state index in [1.54, 1.807) is 6.07 Å². The Balaban J connectivity index is 1.28. The topological polar surface area (TPSA) is 35.5 Å². The minimum Gasteiger partial charge on any atom is -0.366 e. The molecule has 5 rings (SSSR count). The second-order valence-corrected chi connectivity index (χ2v) is 7.58. The number of anilines is 3. The number of halogens is 1. The van der Waals surface area contributed by atoms with Crippen molar-refractivity contribution >= 4 is 17.5 Å². The van der Waals surface area contributed by atoms with Crippen LogP contribution in [0.25, 0.3) is 0 Å². The maximum atomic E-state index is 14.1. The fourth-order valence-electron chi connectivity index (χ4n) is 4.21. The Labute approximate surface area is 170 Å². The van der Waals surface area contributed by atoms with Gasteiger partial charge >= 0.3 is 0 Å². The first-order valence-corrected chi connectivity index (χ1v) is 10.2. The number of benzene rings is 2. The third kappa shape index (κ3) is 3.62. The van der Waals surface area contributed by atoms with E-state index in [0.29, 0.717) is 5.69 Å². The number of hydrogen-bond acceptors (Lipinski definition) is 5. The number of fused-ring (bicyclic) bond motifs is 1. The van der Waals surface area contributed by atoms with Gasteiger partial charge in [0.15, 0.2) is 0 Å². The van der Waals surface area contributed by atoms with E-state index in [4.69, 9.17) is 4.98 Å². The number of nitrogens with zero attached hydrogens (tertiary/aromatic N) is 5. The SMILES string of the molecule is Fc1ccccc1N1CCN(c2nccc(N3CCc4ccccc4C3)n2)CC1. The van der Waals surface area contributed by atoms with E-state index >= 15 is 0 Å². The molecule has 6 heteroatoms. The van der Waals surface area contributed by atoms with Gasteiger partial charge in [0, 0.05) is 45.5 Å². The highest BCUT2D eigenvalue weighted by molar-refractivity contribution is 5.51. The van der Waals surface area contributed by atoms with E-state index in [1.807, 2.05) is 24.4 Å². The fraction of sp³-hybridized carbons (Fsp3) is 0.304. The minimum absolute atomic E-state index is 0.162. The normalized spacial score (nSPS) is 16.7. The maximum absolute atomic E-state index is 14.1. The highest BCUT2D eigenvalue weighted by atomic mass is 19.1. The third-order valence-corrected chi connectivity index (χ3v) is 5.84. The third-order valence-electron chi connectivity index (χ3n) is 5.84. The summed E-state index contributed by atoms with van der Waals surface area (Å²) in [6, 6.07) is 17.6. The molecule has 1 fully saturated rings. The van der Waals surface area contributed by atoms with Gasteiger partial charge in [-0.15, -0.1) is 0 Å². The largest absolute Gasteiger partial charge is 0.366 e. The summed E-state index contributed by atoms with van der Waals surface area (Å²) in [5.74, 6) is 1.57. The summed E-state index contributed by atoms with van der Waals surface area (Å²) >= 11 is 0. The molecule has 0 aliphatic carbocycles. The van der Waals surface area contributed by atoms with Gasteiger partial charge in [-0.3, -0.25) is 0 Å². The molecule has 0 N–H and O–H groups in total. The Hall–Kier alpha value is -3.15. The molecule has 29 heavy (non-hydrogen) atoms. The molecule has 2 aromatic carbocycles. The van der Waals surface area contributed by atoms with Crippen molar-refractivity contribution in [2.45, 2.75) is 13.0 Å². The lowest BCUT2D eigenvalue weighted by atomic mass is 10.00. The van der Waals surface area contributed by atoms with E-state index in [1.165, 1.54) is 17.2 Å². The summed E-state index contributed by atoms with van der Waals surface area (Å²) in [4.78, 5) is 16.0. The van der Waals surface area contributed by atoms with Crippen LogP contribution in [0.2, 0.25) is 0 Å². The predicted octanol–water partition coefficient (Wildman–Crippen LogP) is 3.51. The van der Waals surface area contributed by atoms with Crippen molar-refractivity contribution in [1.29, 1.82) is 0 Å². The lowest BCUT2D eigenvalue weighted by molar-refractivity contribution is 0.593. The highest BCUT2D eigenvalue weighted by Crippen LogP contribution is 2.25. The molecule has 5 nitrogen and oxygen atoms in total. The standard InChI is InChI=1S/C23H24FN5/c24-20-7-3-4-8-21(20)27-13-15-28(16-14-27)23-25-11-9-22(26-23)29-12-10-18-5-1-2-6-19(18)17-29/h1-9,11H,10,12-17H2. The average Bonchev–Trinajstić information content (AvgIpc) is 2.79. The van der Waals surface area contributed by atoms with Gasteiger partial charge in [-0.25, -0.2) is 9.37 Å². The molecule has 3 heterocycles. The molecule has 0 atom stereocenters. The van der Waals surface area contributed by atoms with Gasteiger partial charge in [0.1, 0.15) is 11.6 Å². The van der Waals surface area contributed by atoms with Gasteiger partial charge in [-0.05, 0) is 35.7 Å². The molecule has 2 aliphatic rings. The zero-order valence-electron chi connectivity index (χ0n) is 16.3. The smallest absolute Gasteiger partial charge is 0.227 e. The zero-order chi connectivity index (χ0) is 19.6. The Morgan fingerprint density at radius 3 is 2.28 bits per heavy atom. The number of rotatable bonds is 3. The summed E-state index contributed by atoms with van der Waals surface area (Å²) in [6.07, 6.45) is 2.89. The van der Waals surface area contributed by atoms with E-state index in [9.17, 15) is 4.39 Å². The maximum Gasteiger partial charge on any atom is 0.227 e. The van der Waals surface area contributed by atoms with Crippen LogP contribution in [0.5, 0.6) is 0 Å². The predicted molar refractivity (Wildman–Crippen MR) is 114 cm³/mol. The molecule has 0 unspecified atom stereocenters. The highest BCUT2D eigenvalue weighted by Gasteiger charge is 2.22. The van der Waals surface area contributed by atoms with Crippen molar-refractivity contribution in [2.24, 2.45) is 0 Å². The number of piperazine rings is 1. The van der Waals surface area contributed by atoms with Crippen molar-refractivity contribution in [2.75, 3.05) is 47.4 Å². The molecule has 1 saturated heterocycles. The van der Waals surface area contributed by atoms with Crippen LogP contribution in [0, 0.1) is 5.82 Å². The van der Waals surface area contributed by atoms with Crippen molar-refractivity contribution in [1.82, 2.24) is 9.97 Å². The van der Waals surface area contributed by atoms with Crippen LogP contribution in [-0.4, -0.2) is 42.7 Å². The Kier molecular flexibility index (Phi) is 4.76. The van der Waals surface area contributed by atoms with Crippen molar-refractivity contribution < 1.29 is 4.39 Å². The fourth-order valence-corrected chi connectivity index (χ4v) is 4.21. The summed E-state index contributed by atoms with van der Waals surface area (Å²) < 4.78 is 14.1. The summed E-state index contributed by atoms with van der Waals surface area (Å²) in [7, 11) is 0. The van der Waals surface area contributed by atoms with Crippen LogP contribution in [0.15, 0.2) is 60.8 Å². The van der Waals surface area contributed by atoms with Crippen molar-refractivity contribution in [3.8, 4) is 0 Å². The van der Waals surface area contributed by atoms with Gasteiger partial charge in [0.2, 0.25) is 5.95 Å². The molecule has 2 aliphatic heterocycles. The summed E-state index contributed by atoms with van der Waals surface area (Å²) in [5, 5.41) is 0. The molecule has 0 spiro atoms. The van der Waals surface area contributed by atoms with Crippen LogP contribution < -0.4 is 14.7 Å². The van der Waals surface area contributed by atoms with Crippen LogP contribution in [0.3, 0.4) is 0 Å². The molecule has 0 radical (unpaired) electrons. The average molecular weight is 389 g/mol. The monoisotopic (exact) mass is 389 g/mol. The summed E-state index contributed by atoms with van der Waals surface area (Å²) in [5.41, 5.74) is 3.48. The first-order valence-electron chi connectivity index (χ1n) is 10.2. The van der Waals surface area contributed by atoms with Crippen LogP contribution in [0.1, 0.15) is 11.1 Å². The molecular formula is C23H24FN5.